The maximum absolute atomic E-state index is 12.2. The summed E-state index contributed by atoms with van der Waals surface area (Å²) in [4.78, 5) is 13.2. The van der Waals surface area contributed by atoms with Crippen LogP contribution < -0.4 is 4.72 Å². The van der Waals surface area contributed by atoms with E-state index in [0.29, 0.717) is 12.8 Å². The normalized spacial score (nSPS) is 23.5. The van der Waals surface area contributed by atoms with E-state index in [0.717, 1.165) is 37.6 Å². The van der Waals surface area contributed by atoms with E-state index in [9.17, 15) is 23.6 Å². The SMILES string of the molecule is O=[N+]([O-])c1ccc(S(=O)(=O)NC2CCCCCC2O)cn1. The van der Waals surface area contributed by atoms with Gasteiger partial charge in [-0.15, -0.1) is 0 Å². The Morgan fingerprint density at radius 1 is 1.29 bits per heavy atom. The van der Waals surface area contributed by atoms with E-state index in [1.807, 2.05) is 0 Å². The quantitative estimate of drug-likeness (QED) is 0.485. The van der Waals surface area contributed by atoms with Crippen LogP contribution >= 0.6 is 0 Å². The Hall–Kier alpha value is -1.58. The van der Waals surface area contributed by atoms with Crippen molar-refractivity contribution in [1.29, 1.82) is 0 Å². The molecule has 2 N–H and O–H groups in total. The van der Waals surface area contributed by atoms with Crippen molar-refractivity contribution >= 4 is 15.8 Å². The number of aliphatic hydroxyl groups is 1. The van der Waals surface area contributed by atoms with Crippen LogP contribution in [0.2, 0.25) is 0 Å². The minimum absolute atomic E-state index is 0.149. The monoisotopic (exact) mass is 315 g/mol. The Kier molecular flexibility index (Phi) is 4.86. The van der Waals surface area contributed by atoms with Crippen molar-refractivity contribution in [2.24, 2.45) is 0 Å². The van der Waals surface area contributed by atoms with E-state index >= 15 is 0 Å². The van der Waals surface area contributed by atoms with E-state index in [-0.39, 0.29) is 4.90 Å². The Bertz CT molecular complexity index is 602. The van der Waals surface area contributed by atoms with Crippen molar-refractivity contribution in [1.82, 2.24) is 9.71 Å². The molecule has 8 nitrogen and oxygen atoms in total. The van der Waals surface area contributed by atoms with Gasteiger partial charge in [-0.05, 0) is 28.8 Å². The van der Waals surface area contributed by atoms with Gasteiger partial charge in [-0.2, -0.15) is 0 Å². The Labute approximate surface area is 122 Å². The second kappa shape index (κ2) is 6.46. The van der Waals surface area contributed by atoms with Crippen molar-refractivity contribution in [2.75, 3.05) is 0 Å². The molecule has 1 fully saturated rings. The van der Waals surface area contributed by atoms with Gasteiger partial charge in [0.2, 0.25) is 10.0 Å². The van der Waals surface area contributed by atoms with Gasteiger partial charge in [-0.25, -0.2) is 13.1 Å². The summed E-state index contributed by atoms with van der Waals surface area (Å²) in [6, 6.07) is 1.64. The van der Waals surface area contributed by atoms with E-state index in [2.05, 4.69) is 9.71 Å². The number of hydrogen-bond donors (Lipinski definition) is 2. The number of nitrogens with one attached hydrogen (secondary N) is 1. The molecule has 1 aromatic rings. The summed E-state index contributed by atoms with van der Waals surface area (Å²) in [5, 5.41) is 20.4. The van der Waals surface area contributed by atoms with E-state index in [1.54, 1.807) is 0 Å². The second-order valence-electron chi connectivity index (χ2n) is 5.04. The van der Waals surface area contributed by atoms with E-state index in [4.69, 9.17) is 0 Å². The fraction of sp³-hybridized carbons (Fsp3) is 0.583. The van der Waals surface area contributed by atoms with Gasteiger partial charge >= 0.3 is 5.82 Å². The Morgan fingerprint density at radius 3 is 2.62 bits per heavy atom. The third-order valence-corrected chi connectivity index (χ3v) is 4.98. The summed E-state index contributed by atoms with van der Waals surface area (Å²) < 4.78 is 26.9. The number of sulfonamides is 1. The largest absolute Gasteiger partial charge is 0.391 e. The third kappa shape index (κ3) is 3.96. The maximum Gasteiger partial charge on any atom is 0.363 e. The lowest BCUT2D eigenvalue weighted by Crippen LogP contribution is -2.42. The van der Waals surface area contributed by atoms with Crippen molar-refractivity contribution < 1.29 is 18.4 Å². The highest BCUT2D eigenvalue weighted by atomic mass is 32.2. The van der Waals surface area contributed by atoms with Gasteiger partial charge < -0.3 is 15.2 Å². The van der Waals surface area contributed by atoms with Crippen LogP contribution in [0.4, 0.5) is 5.82 Å². The molecule has 1 aromatic heterocycles. The van der Waals surface area contributed by atoms with Gasteiger partial charge in [-0.3, -0.25) is 0 Å². The number of hydrogen-bond acceptors (Lipinski definition) is 6. The fourth-order valence-corrected chi connectivity index (χ4v) is 3.58. The molecule has 2 unspecified atom stereocenters. The Morgan fingerprint density at radius 2 is 2.00 bits per heavy atom. The summed E-state index contributed by atoms with van der Waals surface area (Å²) in [7, 11) is -3.85. The van der Waals surface area contributed by atoms with Gasteiger partial charge in [0.05, 0.1) is 6.10 Å². The van der Waals surface area contributed by atoms with Crippen LogP contribution in [0.25, 0.3) is 0 Å². The third-order valence-electron chi connectivity index (χ3n) is 3.50. The topological polar surface area (TPSA) is 122 Å². The number of pyridine rings is 1. The highest BCUT2D eigenvalue weighted by Gasteiger charge is 2.28. The lowest BCUT2D eigenvalue weighted by molar-refractivity contribution is -0.389. The van der Waals surface area contributed by atoms with Gasteiger partial charge in [0, 0.05) is 12.1 Å². The predicted molar refractivity (Wildman–Crippen MR) is 74.1 cm³/mol. The molecule has 1 saturated carbocycles. The molecule has 0 saturated heterocycles. The zero-order chi connectivity index (χ0) is 15.5. The molecule has 0 amide bonds. The smallest absolute Gasteiger partial charge is 0.363 e. The van der Waals surface area contributed by atoms with Crippen LogP contribution in [-0.2, 0) is 10.0 Å². The minimum atomic E-state index is -3.85. The van der Waals surface area contributed by atoms with Crippen molar-refractivity contribution in [2.45, 2.75) is 49.1 Å². The molecule has 1 aliphatic rings. The molecule has 2 atom stereocenters. The molecule has 21 heavy (non-hydrogen) atoms. The van der Waals surface area contributed by atoms with Crippen LogP contribution in [0.3, 0.4) is 0 Å². The highest BCUT2D eigenvalue weighted by Crippen LogP contribution is 2.20. The summed E-state index contributed by atoms with van der Waals surface area (Å²) in [6.45, 7) is 0. The molecule has 0 aromatic carbocycles. The van der Waals surface area contributed by atoms with Crippen molar-refractivity contribution in [3.8, 4) is 0 Å². The van der Waals surface area contributed by atoms with Gasteiger partial charge in [0.1, 0.15) is 4.90 Å². The van der Waals surface area contributed by atoms with Gasteiger partial charge in [0.25, 0.3) is 0 Å². The molecule has 0 spiro atoms. The summed E-state index contributed by atoms with van der Waals surface area (Å²) in [5.41, 5.74) is 0. The fourth-order valence-electron chi connectivity index (χ4n) is 2.33. The number of aliphatic hydroxyl groups excluding tert-OH is 1. The summed E-state index contributed by atoms with van der Waals surface area (Å²) in [6.07, 6.45) is 4.05. The first-order valence-electron chi connectivity index (χ1n) is 6.71. The number of nitro groups is 1. The Balaban J connectivity index is 2.15. The molecule has 9 heteroatoms. The van der Waals surface area contributed by atoms with Crippen LogP contribution in [0.15, 0.2) is 23.2 Å². The number of aromatic nitrogens is 1. The van der Waals surface area contributed by atoms with Gasteiger partial charge in [-0.1, -0.05) is 19.3 Å². The van der Waals surface area contributed by atoms with E-state index in [1.165, 1.54) is 0 Å². The standard InChI is InChI=1S/C12H17N3O5S/c16-11-5-3-1-2-4-10(11)14-21(19,20)9-6-7-12(13-8-9)15(17)18/h6-8,10-11,14,16H,1-5H2. The molecule has 0 aliphatic heterocycles. The molecule has 116 valence electrons. The lowest BCUT2D eigenvalue weighted by atomic mass is 10.1. The first-order valence-corrected chi connectivity index (χ1v) is 8.19. The molecule has 1 aliphatic carbocycles. The van der Waals surface area contributed by atoms with Crippen LogP contribution in [0.1, 0.15) is 32.1 Å². The number of nitrogens with zero attached hydrogens (tertiary/aromatic N) is 2. The minimum Gasteiger partial charge on any atom is -0.391 e. The van der Waals surface area contributed by atoms with E-state index < -0.39 is 32.9 Å². The van der Waals surface area contributed by atoms with Crippen molar-refractivity contribution in [3.05, 3.63) is 28.4 Å². The van der Waals surface area contributed by atoms with Crippen molar-refractivity contribution in [3.63, 3.8) is 0 Å². The highest BCUT2D eigenvalue weighted by molar-refractivity contribution is 7.89. The first kappa shape index (κ1) is 15.8. The first-order chi connectivity index (χ1) is 9.90. The zero-order valence-electron chi connectivity index (χ0n) is 11.3. The molecule has 1 heterocycles. The zero-order valence-corrected chi connectivity index (χ0v) is 12.1. The van der Waals surface area contributed by atoms with Crippen LogP contribution in [0, 0.1) is 10.1 Å². The summed E-state index contributed by atoms with van der Waals surface area (Å²) in [5.74, 6) is -0.413. The lowest BCUT2D eigenvalue weighted by Gasteiger charge is -2.21. The van der Waals surface area contributed by atoms with Crippen LogP contribution in [0.5, 0.6) is 0 Å². The molecule has 0 radical (unpaired) electrons. The van der Waals surface area contributed by atoms with Gasteiger partial charge in [0.15, 0.2) is 6.20 Å². The average molecular weight is 315 g/mol. The molecular weight excluding hydrogens is 298 g/mol. The summed E-state index contributed by atoms with van der Waals surface area (Å²) >= 11 is 0. The molecule has 2 rings (SSSR count). The van der Waals surface area contributed by atoms with Crippen LogP contribution in [-0.4, -0.2) is 35.6 Å². The molecule has 0 bridgehead atoms. The average Bonchev–Trinajstić information content (AvgIpc) is 2.64. The predicted octanol–water partition coefficient (Wildman–Crippen LogP) is 0.962. The maximum atomic E-state index is 12.2. The molecular formula is C12H17N3O5S. The second-order valence-corrected chi connectivity index (χ2v) is 6.76. The number of rotatable bonds is 4.